The Balaban J connectivity index is 2.25. The Labute approximate surface area is 213 Å². The molecule has 0 heterocycles. The smallest absolute Gasteiger partial charge is 0.359 e. The number of anilines is 2. The van der Waals surface area contributed by atoms with Gasteiger partial charge in [0.15, 0.2) is 11.7 Å². The van der Waals surface area contributed by atoms with Crippen LogP contribution in [0.2, 0.25) is 0 Å². The fourth-order valence-corrected chi connectivity index (χ4v) is 3.37. The number of nitro benzene ring substituents is 2. The average Bonchev–Trinajstić information content (AvgIpc) is 2.82. The first-order chi connectivity index (χ1) is 16.5. The van der Waals surface area contributed by atoms with E-state index in [2.05, 4.69) is 5.32 Å². The summed E-state index contributed by atoms with van der Waals surface area (Å²) < 4.78 is 7.88. The number of hydrogen-bond donors (Lipinski definition) is 1. The highest BCUT2D eigenvalue weighted by molar-refractivity contribution is 6.75. The number of nitro groups is 2. The average molecular weight is 541 g/mol. The van der Waals surface area contributed by atoms with Crippen LogP contribution in [-0.2, 0) is 9.53 Å². The van der Waals surface area contributed by atoms with E-state index < -0.39 is 42.7 Å². The number of nitrogens with one attached hydrogen (secondary N) is 1. The van der Waals surface area contributed by atoms with Crippen molar-refractivity contribution in [1.82, 2.24) is 0 Å². The molecular formula is C22H16Cl3N3O7. The molecule has 0 aliphatic rings. The van der Waals surface area contributed by atoms with Gasteiger partial charge in [0.25, 0.3) is 9.48 Å². The maximum atomic E-state index is 12.4. The van der Waals surface area contributed by atoms with Crippen LogP contribution in [0.3, 0.4) is 0 Å². The van der Waals surface area contributed by atoms with Gasteiger partial charge in [0, 0.05) is 11.8 Å². The third kappa shape index (κ3) is 6.10. The Kier molecular flexibility index (Phi) is 8.00. The zero-order valence-electron chi connectivity index (χ0n) is 17.8. The summed E-state index contributed by atoms with van der Waals surface area (Å²) in [4.78, 5) is 34.9. The van der Waals surface area contributed by atoms with Crippen molar-refractivity contribution in [3.8, 4) is 5.75 Å². The van der Waals surface area contributed by atoms with E-state index in [1.165, 1.54) is 25.3 Å². The van der Waals surface area contributed by atoms with Crippen LogP contribution in [0.4, 0.5) is 22.7 Å². The van der Waals surface area contributed by atoms with Gasteiger partial charge in [-0.05, 0) is 35.9 Å². The van der Waals surface area contributed by atoms with Crippen molar-refractivity contribution in [1.29, 1.82) is 0 Å². The highest BCUT2D eigenvalue weighted by atomic mass is 35.6. The molecule has 0 aromatic heterocycles. The van der Waals surface area contributed by atoms with E-state index in [1.54, 1.807) is 42.5 Å². The fraction of sp³-hybridized carbons (Fsp3) is 0.136. The molecule has 1 N–H and O–H groups in total. The molecule has 0 aliphatic heterocycles. The van der Waals surface area contributed by atoms with E-state index >= 15 is 0 Å². The summed E-state index contributed by atoms with van der Waals surface area (Å²) >= 11 is 16.9. The molecular weight excluding hydrogens is 525 g/mol. The van der Waals surface area contributed by atoms with Crippen molar-refractivity contribution in [2.75, 3.05) is 12.4 Å². The third-order valence-electron chi connectivity index (χ3n) is 4.76. The lowest BCUT2D eigenvalue weighted by atomic mass is 9.96. The molecule has 0 bridgehead atoms. The molecule has 0 fully saturated rings. The molecule has 0 radical (unpaired) electrons. The zero-order valence-corrected chi connectivity index (χ0v) is 20.1. The van der Waals surface area contributed by atoms with Crippen molar-refractivity contribution < 1.29 is 24.1 Å². The molecule has 182 valence electrons. The van der Waals surface area contributed by atoms with Crippen LogP contribution in [0.15, 0.2) is 66.7 Å². The van der Waals surface area contributed by atoms with Crippen molar-refractivity contribution in [2.24, 2.45) is 0 Å². The van der Waals surface area contributed by atoms with E-state index in [4.69, 9.17) is 44.3 Å². The Bertz CT molecular complexity index is 1250. The van der Waals surface area contributed by atoms with Crippen LogP contribution < -0.4 is 10.1 Å². The molecule has 3 rings (SSSR count). The highest BCUT2D eigenvalue weighted by Crippen LogP contribution is 2.45. The summed E-state index contributed by atoms with van der Waals surface area (Å²) in [6.07, 6.45) is -1.64. The maximum absolute atomic E-state index is 12.4. The quantitative estimate of drug-likeness (QED) is 0.153. The number of hydrogen-bond acceptors (Lipinski definition) is 8. The lowest BCUT2D eigenvalue weighted by molar-refractivity contribution is -0.395. The molecule has 13 heteroatoms. The summed E-state index contributed by atoms with van der Waals surface area (Å²) in [6.45, 7) is 0. The molecule has 3 aromatic rings. The van der Waals surface area contributed by atoms with Gasteiger partial charge in [-0.2, -0.15) is 0 Å². The second-order valence-corrected chi connectivity index (χ2v) is 9.24. The van der Waals surface area contributed by atoms with Gasteiger partial charge in [-0.1, -0.05) is 65.1 Å². The predicted octanol–water partition coefficient (Wildman–Crippen LogP) is 6.26. The molecule has 0 spiro atoms. The van der Waals surface area contributed by atoms with Crippen molar-refractivity contribution >= 4 is 63.5 Å². The molecule has 1 atom stereocenters. The van der Waals surface area contributed by atoms with E-state index in [9.17, 15) is 25.0 Å². The minimum absolute atomic E-state index is 0.0911. The molecule has 0 amide bonds. The molecule has 10 nitrogen and oxygen atoms in total. The zero-order chi connectivity index (χ0) is 25.8. The molecule has 0 saturated carbocycles. The normalized spacial score (nSPS) is 11.9. The molecule has 35 heavy (non-hydrogen) atoms. The summed E-state index contributed by atoms with van der Waals surface area (Å²) in [5.41, 5.74) is -1.34. The number of benzene rings is 3. The van der Waals surface area contributed by atoms with Gasteiger partial charge in [0.2, 0.25) is 0 Å². The second kappa shape index (κ2) is 10.8. The van der Waals surface area contributed by atoms with Crippen LogP contribution in [0.5, 0.6) is 5.75 Å². The van der Waals surface area contributed by atoms with Crippen molar-refractivity contribution in [3.63, 3.8) is 0 Å². The van der Waals surface area contributed by atoms with E-state index in [-0.39, 0.29) is 11.3 Å². The van der Waals surface area contributed by atoms with Gasteiger partial charge >= 0.3 is 11.7 Å². The van der Waals surface area contributed by atoms with Crippen LogP contribution in [0.1, 0.15) is 17.2 Å². The lowest BCUT2D eigenvalue weighted by Gasteiger charge is -2.22. The van der Waals surface area contributed by atoms with E-state index in [0.717, 1.165) is 6.07 Å². The lowest BCUT2D eigenvalue weighted by Crippen LogP contribution is -2.25. The minimum atomic E-state index is -2.53. The second-order valence-electron chi connectivity index (χ2n) is 6.96. The van der Waals surface area contributed by atoms with Crippen molar-refractivity contribution in [3.05, 3.63) is 98.1 Å². The predicted molar refractivity (Wildman–Crippen MR) is 131 cm³/mol. The fourth-order valence-electron chi connectivity index (χ4n) is 3.24. The van der Waals surface area contributed by atoms with Gasteiger partial charge in [0.05, 0.1) is 17.0 Å². The number of halogens is 3. The number of ether oxygens (including phenoxy) is 2. The first kappa shape index (κ1) is 26.0. The summed E-state index contributed by atoms with van der Waals surface area (Å²) in [5, 5.41) is 27.0. The summed E-state index contributed by atoms with van der Waals surface area (Å²) in [5.74, 6) is -0.814. The maximum Gasteiger partial charge on any atom is 0.359 e. The van der Waals surface area contributed by atoms with E-state index in [0.29, 0.717) is 11.4 Å². The van der Waals surface area contributed by atoms with Gasteiger partial charge in [-0.25, -0.2) is 4.79 Å². The van der Waals surface area contributed by atoms with Gasteiger partial charge in [-0.15, -0.1) is 0 Å². The SMILES string of the molecule is COc1ccc(Nc2ccc([N+](=O)[O-])c(C(OC(=O)C(Cl)(Cl)Cl)c3ccccc3)c2[N+](=O)[O-])cc1. The molecule has 0 aliphatic carbocycles. The van der Waals surface area contributed by atoms with Crippen LogP contribution in [-0.4, -0.2) is 26.7 Å². The minimum Gasteiger partial charge on any atom is -0.497 e. The third-order valence-corrected chi connectivity index (χ3v) is 5.23. The van der Waals surface area contributed by atoms with Crippen molar-refractivity contribution in [2.45, 2.75) is 9.90 Å². The number of esters is 1. The van der Waals surface area contributed by atoms with Crippen LogP contribution in [0.25, 0.3) is 0 Å². The highest BCUT2D eigenvalue weighted by Gasteiger charge is 2.41. The molecule has 0 saturated heterocycles. The summed E-state index contributed by atoms with van der Waals surface area (Å²) in [6, 6.07) is 16.4. The number of carbonyl (C=O) groups excluding carboxylic acids is 1. The van der Waals surface area contributed by atoms with Gasteiger partial charge < -0.3 is 14.8 Å². The Hall–Kier alpha value is -3.60. The molecule has 1 unspecified atom stereocenters. The van der Waals surface area contributed by atoms with Gasteiger partial charge in [0.1, 0.15) is 11.4 Å². The Morgan fingerprint density at radius 3 is 2.09 bits per heavy atom. The van der Waals surface area contributed by atoms with Crippen LogP contribution >= 0.6 is 34.8 Å². The standard InChI is InChI=1S/C22H16Cl3N3O7/c1-34-15-9-7-14(8-10-15)26-16-11-12-17(27(30)31)18(19(16)28(32)33)20(13-5-3-2-4-6-13)35-21(29)22(23,24)25/h2-12,20,26H,1H3. The topological polar surface area (TPSA) is 134 Å². The number of carbonyl (C=O) groups is 1. The first-order valence-corrected chi connectivity index (χ1v) is 10.9. The van der Waals surface area contributed by atoms with E-state index in [1.807, 2.05) is 0 Å². The monoisotopic (exact) mass is 539 g/mol. The summed E-state index contributed by atoms with van der Waals surface area (Å²) in [7, 11) is 1.48. The number of alkyl halides is 3. The number of nitrogens with zero attached hydrogens (tertiary/aromatic N) is 2. The van der Waals surface area contributed by atoms with Crippen LogP contribution in [0, 0.1) is 20.2 Å². The Morgan fingerprint density at radius 2 is 1.57 bits per heavy atom. The van der Waals surface area contributed by atoms with Gasteiger partial charge in [-0.3, -0.25) is 20.2 Å². The largest absolute Gasteiger partial charge is 0.497 e. The first-order valence-electron chi connectivity index (χ1n) is 9.72. The Morgan fingerprint density at radius 1 is 0.943 bits per heavy atom. The molecule has 3 aromatic carbocycles. The number of rotatable bonds is 8. The number of methoxy groups -OCH3 is 1.